The molecule has 1 aromatic carbocycles. The maximum atomic E-state index is 12.9. The van der Waals surface area contributed by atoms with E-state index in [2.05, 4.69) is 16.5 Å². The fraction of sp³-hybridized carbons (Fsp3) is 0.500. The molecule has 0 atom stereocenters. The average Bonchev–Trinajstić information content (AvgIpc) is 3.49. The van der Waals surface area contributed by atoms with Gasteiger partial charge >= 0.3 is 0 Å². The molecular weight excluding hydrogens is 370 g/mol. The summed E-state index contributed by atoms with van der Waals surface area (Å²) in [7, 11) is 0. The Morgan fingerprint density at radius 1 is 1.28 bits per heavy atom. The van der Waals surface area contributed by atoms with Crippen LogP contribution in [0.2, 0.25) is 0 Å². The van der Waals surface area contributed by atoms with E-state index in [4.69, 9.17) is 9.26 Å². The molecule has 154 valence electrons. The summed E-state index contributed by atoms with van der Waals surface area (Å²) in [6.45, 7) is 5.18. The van der Waals surface area contributed by atoms with Crippen LogP contribution in [0.5, 0.6) is 5.75 Å². The zero-order chi connectivity index (χ0) is 20.4. The standard InChI is InChI=1S/C22H27N3O4/c1-14-19(15(2)29-24-14)12-22(27)25-9-10-28-20-7-3-16(11-17(20)13-25)4-8-21(26)23-18-5-6-18/h3,7,11,18H,4-6,8-10,12-13H2,1-2H3,(H,23,26). The number of hydrogen-bond acceptors (Lipinski definition) is 5. The van der Waals surface area contributed by atoms with Crippen LogP contribution in [0.15, 0.2) is 22.7 Å². The van der Waals surface area contributed by atoms with Gasteiger partial charge in [-0.2, -0.15) is 0 Å². The summed E-state index contributed by atoms with van der Waals surface area (Å²) < 4.78 is 11.0. The van der Waals surface area contributed by atoms with E-state index in [1.807, 2.05) is 30.9 Å². The van der Waals surface area contributed by atoms with Gasteiger partial charge in [0.1, 0.15) is 18.1 Å². The number of carbonyl (C=O) groups excluding carboxylic acids is 2. The summed E-state index contributed by atoms with van der Waals surface area (Å²) in [6, 6.07) is 6.40. The number of fused-ring (bicyclic) bond motifs is 1. The second-order valence-corrected chi connectivity index (χ2v) is 7.93. The van der Waals surface area contributed by atoms with E-state index in [1.165, 1.54) is 0 Å². The summed E-state index contributed by atoms with van der Waals surface area (Å²) in [5.41, 5.74) is 3.68. The average molecular weight is 397 g/mol. The van der Waals surface area contributed by atoms with E-state index < -0.39 is 0 Å². The molecule has 2 aromatic rings. The van der Waals surface area contributed by atoms with Crippen LogP contribution in [-0.2, 0) is 29.0 Å². The van der Waals surface area contributed by atoms with Crippen LogP contribution in [-0.4, -0.2) is 41.1 Å². The van der Waals surface area contributed by atoms with E-state index >= 15 is 0 Å². The molecule has 1 fully saturated rings. The van der Waals surface area contributed by atoms with Crippen molar-refractivity contribution in [2.75, 3.05) is 13.2 Å². The van der Waals surface area contributed by atoms with Gasteiger partial charge in [-0.25, -0.2) is 0 Å². The van der Waals surface area contributed by atoms with Gasteiger partial charge in [-0.1, -0.05) is 17.3 Å². The van der Waals surface area contributed by atoms with Crippen LogP contribution in [0, 0.1) is 13.8 Å². The van der Waals surface area contributed by atoms with Gasteiger partial charge in [0.2, 0.25) is 11.8 Å². The summed E-state index contributed by atoms with van der Waals surface area (Å²) in [5, 5.41) is 6.95. The molecule has 29 heavy (non-hydrogen) atoms. The molecule has 0 saturated heterocycles. The summed E-state index contributed by atoms with van der Waals surface area (Å²) in [4.78, 5) is 26.7. The molecule has 1 aromatic heterocycles. The van der Waals surface area contributed by atoms with Crippen molar-refractivity contribution in [2.24, 2.45) is 0 Å². The molecule has 1 aliphatic heterocycles. The van der Waals surface area contributed by atoms with Crippen LogP contribution >= 0.6 is 0 Å². The maximum absolute atomic E-state index is 12.9. The molecular formula is C22H27N3O4. The number of hydrogen-bond donors (Lipinski definition) is 1. The smallest absolute Gasteiger partial charge is 0.227 e. The highest BCUT2D eigenvalue weighted by Gasteiger charge is 2.24. The van der Waals surface area contributed by atoms with Crippen molar-refractivity contribution in [1.82, 2.24) is 15.4 Å². The number of ether oxygens (including phenoxy) is 1. The highest BCUT2D eigenvalue weighted by Crippen LogP contribution is 2.26. The highest BCUT2D eigenvalue weighted by atomic mass is 16.5. The van der Waals surface area contributed by atoms with Crippen molar-refractivity contribution in [2.45, 2.75) is 58.5 Å². The van der Waals surface area contributed by atoms with E-state index in [-0.39, 0.29) is 18.2 Å². The van der Waals surface area contributed by atoms with Crippen LogP contribution in [0.1, 0.15) is 47.4 Å². The number of aromatic nitrogens is 1. The molecule has 7 nitrogen and oxygen atoms in total. The van der Waals surface area contributed by atoms with E-state index in [1.54, 1.807) is 0 Å². The number of benzene rings is 1. The van der Waals surface area contributed by atoms with Gasteiger partial charge in [-0.3, -0.25) is 9.59 Å². The minimum atomic E-state index is 0.0325. The first-order valence-corrected chi connectivity index (χ1v) is 10.2. The van der Waals surface area contributed by atoms with Gasteiger partial charge in [-0.15, -0.1) is 0 Å². The summed E-state index contributed by atoms with van der Waals surface area (Å²) in [6.07, 6.45) is 3.63. The van der Waals surface area contributed by atoms with Crippen molar-refractivity contribution in [3.63, 3.8) is 0 Å². The Hall–Kier alpha value is -2.83. The van der Waals surface area contributed by atoms with Gasteiger partial charge in [-0.05, 0) is 44.7 Å². The van der Waals surface area contributed by atoms with Crippen LogP contribution in [0.4, 0.5) is 0 Å². The van der Waals surface area contributed by atoms with Crippen molar-refractivity contribution in [3.05, 3.63) is 46.3 Å². The molecule has 7 heteroatoms. The molecule has 0 spiro atoms. The number of nitrogens with one attached hydrogen (secondary N) is 1. The second kappa shape index (κ2) is 8.27. The second-order valence-electron chi connectivity index (χ2n) is 7.93. The fourth-order valence-corrected chi connectivity index (χ4v) is 3.62. The molecule has 1 N–H and O–H groups in total. The van der Waals surface area contributed by atoms with Crippen molar-refractivity contribution in [3.8, 4) is 5.75 Å². The predicted octanol–water partition coefficient (Wildman–Crippen LogP) is 2.47. The lowest BCUT2D eigenvalue weighted by molar-refractivity contribution is -0.131. The van der Waals surface area contributed by atoms with Crippen molar-refractivity contribution >= 4 is 11.8 Å². The molecule has 0 unspecified atom stereocenters. The Morgan fingerprint density at radius 2 is 2.10 bits per heavy atom. The molecule has 1 aliphatic carbocycles. The Morgan fingerprint density at radius 3 is 2.83 bits per heavy atom. The first-order valence-electron chi connectivity index (χ1n) is 10.2. The summed E-state index contributed by atoms with van der Waals surface area (Å²) >= 11 is 0. The zero-order valence-corrected chi connectivity index (χ0v) is 17.0. The molecule has 4 rings (SSSR count). The van der Waals surface area contributed by atoms with E-state index in [0.717, 1.165) is 41.0 Å². The number of rotatable bonds is 6. The van der Waals surface area contributed by atoms with Gasteiger partial charge in [0, 0.05) is 30.1 Å². The molecule has 0 bridgehead atoms. The molecule has 2 aliphatic rings. The van der Waals surface area contributed by atoms with Gasteiger partial charge in [0.15, 0.2) is 0 Å². The van der Waals surface area contributed by atoms with Gasteiger partial charge in [0.05, 0.1) is 18.7 Å². The van der Waals surface area contributed by atoms with Crippen molar-refractivity contribution in [1.29, 1.82) is 0 Å². The number of aryl methyl sites for hydroxylation is 3. The topological polar surface area (TPSA) is 84.7 Å². The Kier molecular flexibility index (Phi) is 5.56. The Labute approximate surface area is 170 Å². The van der Waals surface area contributed by atoms with Crippen molar-refractivity contribution < 1.29 is 18.8 Å². The normalized spacial score (nSPS) is 16.0. The lowest BCUT2D eigenvalue weighted by Crippen LogP contribution is -2.33. The zero-order valence-electron chi connectivity index (χ0n) is 17.0. The lowest BCUT2D eigenvalue weighted by atomic mass is 10.0. The third-order valence-electron chi connectivity index (χ3n) is 5.55. The molecule has 2 heterocycles. The first-order chi connectivity index (χ1) is 14.0. The monoisotopic (exact) mass is 397 g/mol. The van der Waals surface area contributed by atoms with Crippen LogP contribution in [0.25, 0.3) is 0 Å². The number of carbonyl (C=O) groups is 2. The minimum absolute atomic E-state index is 0.0325. The molecule has 1 saturated carbocycles. The quantitative estimate of drug-likeness (QED) is 0.809. The van der Waals surface area contributed by atoms with Crippen LogP contribution < -0.4 is 10.1 Å². The largest absolute Gasteiger partial charge is 0.491 e. The van der Waals surface area contributed by atoms with Gasteiger partial charge in [0.25, 0.3) is 0 Å². The number of amides is 2. The third-order valence-corrected chi connectivity index (χ3v) is 5.55. The summed E-state index contributed by atoms with van der Waals surface area (Å²) in [5.74, 6) is 1.64. The Bertz CT molecular complexity index is 897. The third kappa shape index (κ3) is 4.78. The minimum Gasteiger partial charge on any atom is -0.491 e. The molecule has 0 radical (unpaired) electrons. The van der Waals surface area contributed by atoms with E-state index in [0.29, 0.717) is 44.3 Å². The van der Waals surface area contributed by atoms with Gasteiger partial charge < -0.3 is 19.5 Å². The SMILES string of the molecule is Cc1noc(C)c1CC(=O)N1CCOc2ccc(CCC(=O)NC3CC3)cc2C1. The lowest BCUT2D eigenvalue weighted by Gasteiger charge is -2.20. The maximum Gasteiger partial charge on any atom is 0.227 e. The fourth-order valence-electron chi connectivity index (χ4n) is 3.62. The molecule has 2 amide bonds. The predicted molar refractivity (Wildman–Crippen MR) is 107 cm³/mol. The Balaban J connectivity index is 1.41. The first kappa shape index (κ1) is 19.5. The highest BCUT2D eigenvalue weighted by molar-refractivity contribution is 5.79. The van der Waals surface area contributed by atoms with E-state index in [9.17, 15) is 9.59 Å². The van der Waals surface area contributed by atoms with Crippen LogP contribution in [0.3, 0.4) is 0 Å². The number of nitrogens with zero attached hydrogens (tertiary/aromatic N) is 2.